The molecule has 1 fully saturated rings. The van der Waals surface area contributed by atoms with Crippen LogP contribution < -0.4 is 5.32 Å². The van der Waals surface area contributed by atoms with Crippen molar-refractivity contribution in [1.82, 2.24) is 15.5 Å². The highest BCUT2D eigenvalue weighted by Crippen LogP contribution is 2.23. The first-order valence-corrected chi connectivity index (χ1v) is 6.66. The van der Waals surface area contributed by atoms with Crippen molar-refractivity contribution in [1.29, 1.82) is 0 Å². The molecule has 1 aliphatic rings. The second-order valence-electron chi connectivity index (χ2n) is 4.82. The van der Waals surface area contributed by atoms with Crippen LogP contribution in [0.15, 0.2) is 28.8 Å². The zero-order valence-electron chi connectivity index (χ0n) is 10.6. The minimum absolute atomic E-state index is 0.167. The second kappa shape index (κ2) is 5.48. The van der Waals surface area contributed by atoms with Gasteiger partial charge in [-0.25, -0.2) is 4.39 Å². The monoisotopic (exact) mass is 261 g/mol. The van der Waals surface area contributed by atoms with Gasteiger partial charge < -0.3 is 9.84 Å². The molecular formula is C14H16FN3O. The molecule has 0 saturated carbocycles. The SMILES string of the molecule is Fc1ccc(-c2nc(C3CCCCCN3)no2)cc1. The number of hydrogen-bond donors (Lipinski definition) is 1. The number of rotatable bonds is 2. The summed E-state index contributed by atoms with van der Waals surface area (Å²) in [6.07, 6.45) is 4.64. The molecular weight excluding hydrogens is 245 g/mol. The number of aromatic nitrogens is 2. The second-order valence-corrected chi connectivity index (χ2v) is 4.82. The molecule has 1 aromatic carbocycles. The Morgan fingerprint density at radius 1 is 1.16 bits per heavy atom. The van der Waals surface area contributed by atoms with Crippen molar-refractivity contribution in [3.8, 4) is 11.5 Å². The average molecular weight is 261 g/mol. The molecule has 3 rings (SSSR count). The lowest BCUT2D eigenvalue weighted by Gasteiger charge is -2.09. The van der Waals surface area contributed by atoms with Gasteiger partial charge in [0.25, 0.3) is 5.89 Å². The molecule has 19 heavy (non-hydrogen) atoms. The molecule has 1 aliphatic heterocycles. The quantitative estimate of drug-likeness (QED) is 0.902. The molecule has 1 atom stereocenters. The summed E-state index contributed by atoms with van der Waals surface area (Å²) in [6, 6.07) is 6.24. The molecule has 1 N–H and O–H groups in total. The minimum atomic E-state index is -0.270. The van der Waals surface area contributed by atoms with Crippen LogP contribution in [-0.2, 0) is 0 Å². The van der Waals surface area contributed by atoms with E-state index < -0.39 is 0 Å². The predicted octanol–water partition coefficient (Wildman–Crippen LogP) is 3.08. The van der Waals surface area contributed by atoms with Gasteiger partial charge >= 0.3 is 0 Å². The van der Waals surface area contributed by atoms with Gasteiger partial charge in [-0.2, -0.15) is 4.98 Å². The molecule has 100 valence electrons. The van der Waals surface area contributed by atoms with Crippen molar-refractivity contribution < 1.29 is 8.91 Å². The Bertz CT molecular complexity index is 530. The van der Waals surface area contributed by atoms with Gasteiger partial charge in [-0.1, -0.05) is 18.0 Å². The summed E-state index contributed by atoms with van der Waals surface area (Å²) >= 11 is 0. The summed E-state index contributed by atoms with van der Waals surface area (Å²) in [5.74, 6) is 0.871. The Morgan fingerprint density at radius 2 is 2.00 bits per heavy atom. The van der Waals surface area contributed by atoms with Crippen LogP contribution >= 0.6 is 0 Å². The summed E-state index contributed by atoms with van der Waals surface area (Å²) in [5.41, 5.74) is 0.744. The lowest BCUT2D eigenvalue weighted by Crippen LogP contribution is -2.21. The fourth-order valence-electron chi connectivity index (χ4n) is 2.34. The zero-order chi connectivity index (χ0) is 13.1. The highest BCUT2D eigenvalue weighted by Gasteiger charge is 2.19. The van der Waals surface area contributed by atoms with E-state index in [1.165, 1.54) is 31.4 Å². The summed E-state index contributed by atoms with van der Waals surface area (Å²) in [6.45, 7) is 0.991. The molecule has 1 unspecified atom stereocenters. The van der Waals surface area contributed by atoms with E-state index in [1.807, 2.05) is 0 Å². The Labute approximate surface area is 111 Å². The predicted molar refractivity (Wildman–Crippen MR) is 68.9 cm³/mol. The topological polar surface area (TPSA) is 51.0 Å². The Kier molecular flexibility index (Phi) is 3.55. The van der Waals surface area contributed by atoms with E-state index >= 15 is 0 Å². The van der Waals surface area contributed by atoms with Crippen LogP contribution in [0.3, 0.4) is 0 Å². The number of nitrogens with zero attached hydrogens (tertiary/aromatic N) is 2. The molecule has 1 saturated heterocycles. The highest BCUT2D eigenvalue weighted by molar-refractivity contribution is 5.52. The van der Waals surface area contributed by atoms with Crippen molar-refractivity contribution in [2.45, 2.75) is 31.7 Å². The van der Waals surface area contributed by atoms with Crippen molar-refractivity contribution in [3.05, 3.63) is 35.9 Å². The maximum Gasteiger partial charge on any atom is 0.257 e. The average Bonchev–Trinajstić information content (AvgIpc) is 2.76. The van der Waals surface area contributed by atoms with Crippen LogP contribution in [0.4, 0.5) is 4.39 Å². The van der Waals surface area contributed by atoms with Gasteiger partial charge in [0.05, 0.1) is 6.04 Å². The van der Waals surface area contributed by atoms with E-state index in [-0.39, 0.29) is 11.9 Å². The maximum atomic E-state index is 12.9. The first kappa shape index (κ1) is 12.3. The van der Waals surface area contributed by atoms with Gasteiger partial charge in [0.1, 0.15) is 5.82 Å². The summed E-state index contributed by atoms with van der Waals surface area (Å²) in [7, 11) is 0. The van der Waals surface area contributed by atoms with Gasteiger partial charge in [0.2, 0.25) is 0 Å². The fraction of sp³-hybridized carbons (Fsp3) is 0.429. The van der Waals surface area contributed by atoms with E-state index in [9.17, 15) is 4.39 Å². The van der Waals surface area contributed by atoms with Crippen LogP contribution in [0, 0.1) is 5.82 Å². The number of halogens is 1. The van der Waals surface area contributed by atoms with Crippen molar-refractivity contribution in [3.63, 3.8) is 0 Å². The standard InChI is InChI=1S/C14H16FN3O/c15-11-7-5-10(6-8-11)14-17-13(18-19-14)12-4-2-1-3-9-16-12/h5-8,12,16H,1-4,9H2. The molecule has 5 heteroatoms. The maximum absolute atomic E-state index is 12.9. The molecule has 2 heterocycles. The first-order valence-electron chi connectivity index (χ1n) is 6.66. The lowest BCUT2D eigenvalue weighted by atomic mass is 10.1. The lowest BCUT2D eigenvalue weighted by molar-refractivity contribution is 0.402. The molecule has 0 amide bonds. The first-order chi connectivity index (χ1) is 9.33. The summed E-state index contributed by atoms with van der Waals surface area (Å²) in [4.78, 5) is 4.41. The van der Waals surface area contributed by atoms with Crippen LogP contribution in [0.25, 0.3) is 11.5 Å². The van der Waals surface area contributed by atoms with Crippen LogP contribution in [-0.4, -0.2) is 16.7 Å². The van der Waals surface area contributed by atoms with Crippen molar-refractivity contribution >= 4 is 0 Å². The minimum Gasteiger partial charge on any atom is -0.334 e. The Balaban J connectivity index is 1.80. The zero-order valence-corrected chi connectivity index (χ0v) is 10.6. The van der Waals surface area contributed by atoms with E-state index in [1.54, 1.807) is 12.1 Å². The summed E-state index contributed by atoms with van der Waals surface area (Å²) in [5, 5.41) is 7.46. The van der Waals surface area contributed by atoms with Crippen LogP contribution in [0.2, 0.25) is 0 Å². The van der Waals surface area contributed by atoms with Gasteiger partial charge in [0, 0.05) is 5.56 Å². The van der Waals surface area contributed by atoms with E-state index in [0.717, 1.165) is 18.5 Å². The smallest absolute Gasteiger partial charge is 0.257 e. The Morgan fingerprint density at radius 3 is 2.84 bits per heavy atom. The van der Waals surface area contributed by atoms with E-state index in [4.69, 9.17) is 4.52 Å². The van der Waals surface area contributed by atoms with E-state index in [2.05, 4.69) is 15.5 Å². The van der Waals surface area contributed by atoms with Gasteiger partial charge in [-0.05, 0) is 43.7 Å². The van der Waals surface area contributed by atoms with Crippen molar-refractivity contribution in [2.24, 2.45) is 0 Å². The number of benzene rings is 1. The van der Waals surface area contributed by atoms with Crippen LogP contribution in [0.5, 0.6) is 0 Å². The summed E-state index contributed by atoms with van der Waals surface area (Å²) < 4.78 is 18.1. The third kappa shape index (κ3) is 2.81. The number of nitrogens with one attached hydrogen (secondary N) is 1. The molecule has 0 radical (unpaired) electrons. The van der Waals surface area contributed by atoms with E-state index in [0.29, 0.717) is 11.7 Å². The Hall–Kier alpha value is -1.75. The third-order valence-corrected chi connectivity index (χ3v) is 3.40. The van der Waals surface area contributed by atoms with Gasteiger partial charge in [-0.15, -0.1) is 0 Å². The normalized spacial score (nSPS) is 20.2. The van der Waals surface area contributed by atoms with Gasteiger partial charge in [0.15, 0.2) is 5.82 Å². The van der Waals surface area contributed by atoms with Crippen LogP contribution in [0.1, 0.15) is 37.5 Å². The molecule has 1 aromatic heterocycles. The molecule has 4 nitrogen and oxygen atoms in total. The van der Waals surface area contributed by atoms with Gasteiger partial charge in [-0.3, -0.25) is 0 Å². The fourth-order valence-corrected chi connectivity index (χ4v) is 2.34. The van der Waals surface area contributed by atoms with Crippen molar-refractivity contribution in [2.75, 3.05) is 6.54 Å². The number of hydrogen-bond acceptors (Lipinski definition) is 4. The highest BCUT2D eigenvalue weighted by atomic mass is 19.1. The third-order valence-electron chi connectivity index (χ3n) is 3.40. The molecule has 0 bridgehead atoms. The molecule has 0 aliphatic carbocycles. The molecule has 2 aromatic rings. The molecule has 0 spiro atoms. The largest absolute Gasteiger partial charge is 0.334 e.